The maximum Gasteiger partial charge on any atom is 0.255 e. The molecule has 0 aliphatic carbocycles. The van der Waals surface area contributed by atoms with E-state index in [4.69, 9.17) is 0 Å². The Labute approximate surface area is 177 Å². The van der Waals surface area contributed by atoms with Gasteiger partial charge in [0.2, 0.25) is 11.8 Å². The standard InChI is InChI=1S/C24H20N4O3/c29-22-13-17(14-28(22)21-7-3-5-15-4-1-2-6-19(15)21)23(30)27-26-18-8-9-20-16(12-18)10-11-25-24(20)31/h1-12,17,26H,13-14H2,(H,25,31)(H,27,30). The molecule has 7 nitrogen and oxygen atoms in total. The zero-order valence-electron chi connectivity index (χ0n) is 16.6. The molecule has 1 aromatic heterocycles. The van der Waals surface area contributed by atoms with Crippen LogP contribution in [0.5, 0.6) is 0 Å². The first-order chi connectivity index (χ1) is 15.1. The molecule has 7 heteroatoms. The predicted octanol–water partition coefficient (Wildman–Crippen LogP) is 3.18. The molecule has 2 heterocycles. The van der Waals surface area contributed by atoms with E-state index in [1.165, 1.54) is 0 Å². The van der Waals surface area contributed by atoms with Crippen molar-refractivity contribution >= 4 is 44.7 Å². The lowest BCUT2D eigenvalue weighted by Gasteiger charge is -2.19. The summed E-state index contributed by atoms with van der Waals surface area (Å²) in [5.74, 6) is -0.772. The molecule has 1 unspecified atom stereocenters. The maximum atomic E-state index is 12.7. The summed E-state index contributed by atoms with van der Waals surface area (Å²) in [4.78, 5) is 41.5. The quantitative estimate of drug-likeness (QED) is 0.449. The number of nitrogens with zero attached hydrogens (tertiary/aromatic N) is 1. The highest BCUT2D eigenvalue weighted by Crippen LogP contribution is 2.31. The zero-order chi connectivity index (χ0) is 21.4. The van der Waals surface area contributed by atoms with Gasteiger partial charge in [0.05, 0.1) is 17.3 Å². The molecular weight excluding hydrogens is 392 g/mol. The Hall–Kier alpha value is -4.13. The molecule has 154 valence electrons. The number of anilines is 2. The van der Waals surface area contributed by atoms with Crippen LogP contribution in [0.15, 0.2) is 77.7 Å². The van der Waals surface area contributed by atoms with Gasteiger partial charge >= 0.3 is 0 Å². The van der Waals surface area contributed by atoms with E-state index in [2.05, 4.69) is 15.8 Å². The van der Waals surface area contributed by atoms with Crippen LogP contribution < -0.4 is 21.3 Å². The summed E-state index contributed by atoms with van der Waals surface area (Å²) < 4.78 is 0. The molecule has 2 amide bonds. The molecule has 1 fully saturated rings. The Bertz CT molecular complexity index is 1370. The summed E-state index contributed by atoms with van der Waals surface area (Å²) >= 11 is 0. The number of carbonyl (C=O) groups is 2. The Morgan fingerprint density at radius 3 is 2.68 bits per heavy atom. The van der Waals surface area contributed by atoms with E-state index in [1.807, 2.05) is 42.5 Å². The molecule has 0 radical (unpaired) electrons. The van der Waals surface area contributed by atoms with Crippen LogP contribution in [0.25, 0.3) is 21.5 Å². The third-order valence-electron chi connectivity index (χ3n) is 5.66. The Kier molecular flexibility index (Phi) is 4.63. The van der Waals surface area contributed by atoms with Crippen LogP contribution in [-0.4, -0.2) is 23.3 Å². The summed E-state index contributed by atoms with van der Waals surface area (Å²) in [7, 11) is 0. The predicted molar refractivity (Wildman–Crippen MR) is 121 cm³/mol. The second kappa shape index (κ2) is 7.60. The minimum Gasteiger partial charge on any atom is -0.329 e. The topological polar surface area (TPSA) is 94.3 Å². The third kappa shape index (κ3) is 3.50. The molecular formula is C24H20N4O3. The van der Waals surface area contributed by atoms with Crippen LogP contribution in [0, 0.1) is 5.92 Å². The highest BCUT2D eigenvalue weighted by atomic mass is 16.2. The number of fused-ring (bicyclic) bond motifs is 2. The first-order valence-electron chi connectivity index (χ1n) is 10.1. The van der Waals surface area contributed by atoms with Crippen LogP contribution in [0.1, 0.15) is 6.42 Å². The van der Waals surface area contributed by atoms with Crippen molar-refractivity contribution in [2.75, 3.05) is 16.9 Å². The van der Waals surface area contributed by atoms with Crippen LogP contribution in [0.2, 0.25) is 0 Å². The van der Waals surface area contributed by atoms with Gasteiger partial charge in [0, 0.05) is 29.9 Å². The van der Waals surface area contributed by atoms with E-state index in [0.29, 0.717) is 17.6 Å². The summed E-state index contributed by atoms with van der Waals surface area (Å²) in [6.07, 6.45) is 1.74. The monoisotopic (exact) mass is 412 g/mol. The minimum absolute atomic E-state index is 0.0681. The van der Waals surface area contributed by atoms with Crippen LogP contribution in [0.4, 0.5) is 11.4 Å². The fourth-order valence-corrected chi connectivity index (χ4v) is 4.07. The highest BCUT2D eigenvalue weighted by molar-refractivity contribution is 6.07. The van der Waals surface area contributed by atoms with Gasteiger partial charge in [0.25, 0.3) is 5.56 Å². The van der Waals surface area contributed by atoms with Crippen LogP contribution >= 0.6 is 0 Å². The number of aromatic amines is 1. The van der Waals surface area contributed by atoms with Crippen molar-refractivity contribution in [1.82, 2.24) is 10.4 Å². The molecule has 1 saturated heterocycles. The summed E-state index contributed by atoms with van der Waals surface area (Å²) in [6, 6.07) is 20.7. The number of aromatic nitrogens is 1. The highest BCUT2D eigenvalue weighted by Gasteiger charge is 2.35. The molecule has 0 spiro atoms. The van der Waals surface area contributed by atoms with Crippen molar-refractivity contribution in [2.45, 2.75) is 6.42 Å². The van der Waals surface area contributed by atoms with Crippen molar-refractivity contribution in [2.24, 2.45) is 5.92 Å². The van der Waals surface area contributed by atoms with Gasteiger partial charge in [-0.3, -0.25) is 25.2 Å². The van der Waals surface area contributed by atoms with E-state index in [-0.39, 0.29) is 23.8 Å². The summed E-state index contributed by atoms with van der Waals surface area (Å²) in [5.41, 5.74) is 6.90. The van der Waals surface area contributed by atoms with Gasteiger partial charge in [-0.1, -0.05) is 36.4 Å². The van der Waals surface area contributed by atoms with Gasteiger partial charge in [-0.25, -0.2) is 0 Å². The molecule has 3 aromatic carbocycles. The molecule has 31 heavy (non-hydrogen) atoms. The maximum absolute atomic E-state index is 12.7. The summed E-state index contributed by atoms with van der Waals surface area (Å²) in [6.45, 7) is 0.327. The number of H-pyrrole nitrogens is 1. The lowest BCUT2D eigenvalue weighted by Crippen LogP contribution is -2.36. The van der Waals surface area contributed by atoms with Gasteiger partial charge in [-0.15, -0.1) is 0 Å². The second-order valence-electron chi connectivity index (χ2n) is 7.63. The number of rotatable bonds is 4. The number of hydrazine groups is 1. The fraction of sp³-hybridized carbons (Fsp3) is 0.125. The second-order valence-corrected chi connectivity index (χ2v) is 7.63. The van der Waals surface area contributed by atoms with Crippen molar-refractivity contribution in [1.29, 1.82) is 0 Å². The Morgan fingerprint density at radius 1 is 0.935 bits per heavy atom. The van der Waals surface area contributed by atoms with Crippen LogP contribution in [-0.2, 0) is 9.59 Å². The fourth-order valence-electron chi connectivity index (χ4n) is 4.07. The number of amides is 2. The largest absolute Gasteiger partial charge is 0.329 e. The Morgan fingerprint density at radius 2 is 1.77 bits per heavy atom. The lowest BCUT2D eigenvalue weighted by atomic mass is 10.1. The van der Waals surface area contributed by atoms with Gasteiger partial charge in [-0.2, -0.15) is 0 Å². The zero-order valence-corrected chi connectivity index (χ0v) is 16.6. The van der Waals surface area contributed by atoms with E-state index < -0.39 is 5.92 Å². The van der Waals surface area contributed by atoms with E-state index in [1.54, 1.807) is 35.4 Å². The van der Waals surface area contributed by atoms with Crippen molar-refractivity contribution < 1.29 is 9.59 Å². The first-order valence-corrected chi connectivity index (χ1v) is 10.1. The van der Waals surface area contributed by atoms with Gasteiger partial charge in [0.15, 0.2) is 0 Å². The SMILES string of the molecule is O=C(NNc1ccc2c(=O)[nH]ccc2c1)C1CC(=O)N(c2cccc3ccccc23)C1. The van der Waals surface area contributed by atoms with Crippen LogP contribution in [0.3, 0.4) is 0 Å². The molecule has 3 N–H and O–H groups in total. The van der Waals surface area contributed by atoms with Gasteiger partial charge in [-0.05, 0) is 41.1 Å². The number of hydrogen-bond donors (Lipinski definition) is 3. The van der Waals surface area contributed by atoms with Crippen molar-refractivity contribution in [3.05, 3.63) is 83.3 Å². The third-order valence-corrected chi connectivity index (χ3v) is 5.66. The molecule has 5 rings (SSSR count). The van der Waals surface area contributed by atoms with Crippen molar-refractivity contribution in [3.63, 3.8) is 0 Å². The molecule has 1 aliphatic rings. The summed E-state index contributed by atoms with van der Waals surface area (Å²) in [5, 5.41) is 3.38. The Balaban J connectivity index is 1.30. The van der Waals surface area contributed by atoms with Gasteiger partial charge < -0.3 is 9.88 Å². The van der Waals surface area contributed by atoms with E-state index in [9.17, 15) is 14.4 Å². The normalized spacial score (nSPS) is 16.1. The van der Waals surface area contributed by atoms with E-state index in [0.717, 1.165) is 21.8 Å². The molecule has 1 aliphatic heterocycles. The average Bonchev–Trinajstić information content (AvgIpc) is 3.18. The van der Waals surface area contributed by atoms with Gasteiger partial charge in [0.1, 0.15) is 0 Å². The van der Waals surface area contributed by atoms with Crippen molar-refractivity contribution in [3.8, 4) is 0 Å². The lowest BCUT2D eigenvalue weighted by molar-refractivity contribution is -0.125. The molecule has 0 saturated carbocycles. The number of hydrogen-bond acceptors (Lipinski definition) is 4. The molecule has 1 atom stereocenters. The number of pyridine rings is 1. The molecule has 0 bridgehead atoms. The average molecular weight is 412 g/mol. The first kappa shape index (κ1) is 18.9. The van der Waals surface area contributed by atoms with E-state index >= 15 is 0 Å². The number of benzene rings is 3. The molecule has 4 aromatic rings. The smallest absolute Gasteiger partial charge is 0.255 e. The number of nitrogens with one attached hydrogen (secondary N) is 3. The minimum atomic E-state index is -0.456. The number of carbonyl (C=O) groups excluding carboxylic acids is 2.